The SMILES string of the molecule is CC(O)C(C)Sc1ncccc1C(N)=O. The van der Waals surface area contributed by atoms with Crippen molar-refractivity contribution in [3.8, 4) is 0 Å². The second-order valence-corrected chi connectivity index (χ2v) is 4.65. The van der Waals surface area contributed by atoms with Crippen molar-refractivity contribution < 1.29 is 9.90 Å². The molecule has 0 radical (unpaired) electrons. The molecule has 0 fully saturated rings. The van der Waals surface area contributed by atoms with E-state index in [9.17, 15) is 9.90 Å². The summed E-state index contributed by atoms with van der Waals surface area (Å²) in [7, 11) is 0. The Hall–Kier alpha value is -1.07. The number of nitrogens with zero attached hydrogens (tertiary/aromatic N) is 1. The molecule has 0 aliphatic carbocycles. The van der Waals surface area contributed by atoms with Crippen molar-refractivity contribution in [1.82, 2.24) is 4.98 Å². The molecule has 1 aromatic heterocycles. The predicted molar refractivity (Wildman–Crippen MR) is 59.8 cm³/mol. The lowest BCUT2D eigenvalue weighted by Crippen LogP contribution is -2.18. The monoisotopic (exact) mass is 226 g/mol. The van der Waals surface area contributed by atoms with E-state index in [2.05, 4.69) is 4.98 Å². The number of aromatic nitrogens is 1. The molecule has 0 aliphatic rings. The van der Waals surface area contributed by atoms with Gasteiger partial charge in [-0.25, -0.2) is 4.98 Å². The van der Waals surface area contributed by atoms with Gasteiger partial charge in [-0.1, -0.05) is 18.7 Å². The van der Waals surface area contributed by atoms with Crippen LogP contribution in [0, 0.1) is 0 Å². The van der Waals surface area contributed by atoms with Crippen molar-refractivity contribution in [2.75, 3.05) is 0 Å². The topological polar surface area (TPSA) is 76.2 Å². The second-order valence-electron chi connectivity index (χ2n) is 3.28. The molecule has 0 bridgehead atoms. The number of nitrogens with two attached hydrogens (primary N) is 1. The maximum atomic E-state index is 11.1. The van der Waals surface area contributed by atoms with Crippen molar-refractivity contribution in [1.29, 1.82) is 0 Å². The Morgan fingerprint density at radius 1 is 1.60 bits per heavy atom. The Morgan fingerprint density at radius 3 is 2.80 bits per heavy atom. The van der Waals surface area contributed by atoms with Crippen molar-refractivity contribution in [3.63, 3.8) is 0 Å². The first-order valence-electron chi connectivity index (χ1n) is 4.62. The maximum Gasteiger partial charge on any atom is 0.251 e. The summed E-state index contributed by atoms with van der Waals surface area (Å²) in [6.07, 6.45) is 1.14. The minimum Gasteiger partial charge on any atom is -0.392 e. The van der Waals surface area contributed by atoms with E-state index >= 15 is 0 Å². The zero-order chi connectivity index (χ0) is 11.4. The quantitative estimate of drug-likeness (QED) is 0.752. The fraction of sp³-hybridized carbons (Fsp3) is 0.400. The number of primary amides is 1. The molecule has 0 saturated heterocycles. The summed E-state index contributed by atoms with van der Waals surface area (Å²) in [6.45, 7) is 3.57. The molecular formula is C10H14N2O2S. The fourth-order valence-corrected chi connectivity index (χ4v) is 1.91. The molecule has 2 atom stereocenters. The normalized spacial score (nSPS) is 14.6. The van der Waals surface area contributed by atoms with Crippen LogP contribution in [0.5, 0.6) is 0 Å². The molecule has 1 aromatic rings. The summed E-state index contributed by atoms with van der Waals surface area (Å²) in [5.74, 6) is -0.497. The van der Waals surface area contributed by atoms with Gasteiger partial charge in [0.15, 0.2) is 0 Å². The molecule has 82 valence electrons. The Balaban J connectivity index is 2.89. The average molecular weight is 226 g/mol. The highest BCUT2D eigenvalue weighted by Gasteiger charge is 2.15. The summed E-state index contributed by atoms with van der Waals surface area (Å²) in [6, 6.07) is 3.30. The standard InChI is InChI=1S/C10H14N2O2S/c1-6(13)7(2)15-10-8(9(11)14)4-3-5-12-10/h3-7,13H,1-2H3,(H2,11,14). The zero-order valence-electron chi connectivity index (χ0n) is 8.68. The van der Waals surface area contributed by atoms with Crippen molar-refractivity contribution in [3.05, 3.63) is 23.9 Å². The number of aliphatic hydroxyl groups excluding tert-OH is 1. The highest BCUT2D eigenvalue weighted by atomic mass is 32.2. The number of amides is 1. The van der Waals surface area contributed by atoms with Gasteiger partial charge in [-0.3, -0.25) is 4.79 Å². The number of thioether (sulfide) groups is 1. The summed E-state index contributed by atoms with van der Waals surface area (Å²) < 4.78 is 0. The third-order valence-corrected chi connectivity index (χ3v) is 3.33. The van der Waals surface area contributed by atoms with Gasteiger partial charge in [0.05, 0.1) is 11.7 Å². The van der Waals surface area contributed by atoms with Crippen LogP contribution in [0.2, 0.25) is 0 Å². The molecule has 5 heteroatoms. The fourth-order valence-electron chi connectivity index (χ4n) is 0.947. The maximum absolute atomic E-state index is 11.1. The number of pyridine rings is 1. The van der Waals surface area contributed by atoms with E-state index in [1.807, 2.05) is 6.92 Å². The molecular weight excluding hydrogens is 212 g/mol. The van der Waals surface area contributed by atoms with Gasteiger partial charge in [-0.05, 0) is 19.1 Å². The van der Waals surface area contributed by atoms with Crippen LogP contribution in [-0.2, 0) is 0 Å². The van der Waals surface area contributed by atoms with Crippen LogP contribution in [0.1, 0.15) is 24.2 Å². The number of carbonyl (C=O) groups excluding carboxylic acids is 1. The van der Waals surface area contributed by atoms with Crippen molar-refractivity contribution >= 4 is 17.7 Å². The Labute approximate surface area is 92.9 Å². The lowest BCUT2D eigenvalue weighted by atomic mass is 10.3. The third-order valence-electron chi connectivity index (χ3n) is 2.01. The van der Waals surface area contributed by atoms with Crippen LogP contribution < -0.4 is 5.73 Å². The van der Waals surface area contributed by atoms with Gasteiger partial charge in [0.1, 0.15) is 5.03 Å². The van der Waals surface area contributed by atoms with Crippen LogP contribution in [0.3, 0.4) is 0 Å². The van der Waals surface area contributed by atoms with Gasteiger partial charge in [0.2, 0.25) is 0 Å². The number of carbonyl (C=O) groups is 1. The van der Waals surface area contributed by atoms with E-state index in [1.165, 1.54) is 11.8 Å². The van der Waals surface area contributed by atoms with Crippen LogP contribution in [0.4, 0.5) is 0 Å². The van der Waals surface area contributed by atoms with Crippen molar-refractivity contribution in [2.24, 2.45) is 5.73 Å². The van der Waals surface area contributed by atoms with E-state index in [0.717, 1.165) is 0 Å². The van der Waals surface area contributed by atoms with E-state index in [4.69, 9.17) is 5.73 Å². The minimum absolute atomic E-state index is 0.0296. The van der Waals surface area contributed by atoms with Gasteiger partial charge in [-0.2, -0.15) is 0 Å². The Bertz CT molecular complexity index is 355. The van der Waals surface area contributed by atoms with Gasteiger partial charge >= 0.3 is 0 Å². The van der Waals surface area contributed by atoms with E-state index < -0.39 is 12.0 Å². The summed E-state index contributed by atoms with van der Waals surface area (Å²) >= 11 is 1.34. The van der Waals surface area contributed by atoms with E-state index in [0.29, 0.717) is 10.6 Å². The van der Waals surface area contributed by atoms with Crippen LogP contribution in [0.25, 0.3) is 0 Å². The molecule has 2 unspecified atom stereocenters. The molecule has 1 amide bonds. The predicted octanol–water partition coefficient (Wildman–Crippen LogP) is 1.04. The molecule has 0 spiro atoms. The molecule has 15 heavy (non-hydrogen) atoms. The molecule has 3 N–H and O–H groups in total. The van der Waals surface area contributed by atoms with Crippen LogP contribution in [-0.4, -0.2) is 27.4 Å². The average Bonchev–Trinajstić information content (AvgIpc) is 2.18. The summed E-state index contributed by atoms with van der Waals surface area (Å²) in [5.41, 5.74) is 5.61. The van der Waals surface area contributed by atoms with Crippen LogP contribution in [0.15, 0.2) is 23.4 Å². The Morgan fingerprint density at radius 2 is 2.27 bits per heavy atom. The smallest absolute Gasteiger partial charge is 0.251 e. The number of hydrogen-bond donors (Lipinski definition) is 2. The molecule has 0 aliphatic heterocycles. The van der Waals surface area contributed by atoms with E-state index in [1.54, 1.807) is 25.3 Å². The largest absolute Gasteiger partial charge is 0.392 e. The number of rotatable bonds is 4. The lowest BCUT2D eigenvalue weighted by molar-refractivity contribution is 0.0996. The molecule has 1 heterocycles. The van der Waals surface area contributed by atoms with Gasteiger partial charge in [0, 0.05) is 11.4 Å². The molecule has 0 aromatic carbocycles. The van der Waals surface area contributed by atoms with Gasteiger partial charge < -0.3 is 10.8 Å². The first kappa shape index (κ1) is 12.0. The summed E-state index contributed by atoms with van der Waals surface area (Å²) in [4.78, 5) is 15.2. The molecule has 4 nitrogen and oxygen atoms in total. The number of aliphatic hydroxyl groups is 1. The number of hydrogen-bond acceptors (Lipinski definition) is 4. The first-order chi connectivity index (χ1) is 7.02. The van der Waals surface area contributed by atoms with Gasteiger partial charge in [0.25, 0.3) is 5.91 Å². The molecule has 0 saturated carbocycles. The van der Waals surface area contributed by atoms with Crippen LogP contribution >= 0.6 is 11.8 Å². The second kappa shape index (κ2) is 5.14. The highest BCUT2D eigenvalue weighted by molar-refractivity contribution is 8.00. The third kappa shape index (κ3) is 3.21. The van der Waals surface area contributed by atoms with Crippen molar-refractivity contribution in [2.45, 2.75) is 30.2 Å². The summed E-state index contributed by atoms with van der Waals surface area (Å²) in [5, 5.41) is 9.89. The lowest BCUT2D eigenvalue weighted by Gasteiger charge is -2.14. The van der Waals surface area contributed by atoms with E-state index in [-0.39, 0.29) is 5.25 Å². The molecule has 1 rings (SSSR count). The zero-order valence-corrected chi connectivity index (χ0v) is 9.49. The first-order valence-corrected chi connectivity index (χ1v) is 5.50. The minimum atomic E-state index is -0.497. The highest BCUT2D eigenvalue weighted by Crippen LogP contribution is 2.25. The van der Waals surface area contributed by atoms with Gasteiger partial charge in [-0.15, -0.1) is 0 Å². The Kier molecular flexibility index (Phi) is 4.11.